The van der Waals surface area contributed by atoms with Crippen LogP contribution in [0.4, 0.5) is 5.69 Å². The highest BCUT2D eigenvalue weighted by Crippen LogP contribution is 2.29. The summed E-state index contributed by atoms with van der Waals surface area (Å²) in [5.74, 6) is 0.0775. The fraction of sp³-hybridized carbons (Fsp3) is 0.462. The number of carbonyl (C=O) groups excluding carboxylic acids is 1. The Balaban J connectivity index is 1.94. The van der Waals surface area contributed by atoms with Gasteiger partial charge in [0, 0.05) is 17.0 Å². The van der Waals surface area contributed by atoms with Gasteiger partial charge < -0.3 is 24.7 Å². The topological polar surface area (TPSA) is 80.0 Å². The van der Waals surface area contributed by atoms with Crippen molar-refractivity contribution in [3.8, 4) is 5.75 Å². The number of halogens is 1. The van der Waals surface area contributed by atoms with Crippen molar-refractivity contribution >= 4 is 27.6 Å². The maximum absolute atomic E-state index is 12.0. The largest absolute Gasteiger partial charge is 0.497 e. The van der Waals surface area contributed by atoms with Crippen molar-refractivity contribution in [1.82, 2.24) is 0 Å². The van der Waals surface area contributed by atoms with Crippen molar-refractivity contribution in [3.05, 3.63) is 22.2 Å². The fourth-order valence-electron chi connectivity index (χ4n) is 1.83. The third-order valence-corrected chi connectivity index (χ3v) is 3.44. The van der Waals surface area contributed by atoms with Crippen molar-refractivity contribution in [3.63, 3.8) is 0 Å². The van der Waals surface area contributed by atoms with E-state index in [1.165, 1.54) is 7.11 Å². The van der Waals surface area contributed by atoms with Crippen LogP contribution in [0.5, 0.6) is 5.75 Å². The maximum atomic E-state index is 12.0. The van der Waals surface area contributed by atoms with Crippen molar-refractivity contribution in [2.24, 2.45) is 0 Å². The number of nitrogens with two attached hydrogens (primary N) is 1. The quantitative estimate of drug-likeness (QED) is 0.649. The minimum Gasteiger partial charge on any atom is -0.497 e. The molecular weight excluding hydrogens is 330 g/mol. The first-order chi connectivity index (χ1) is 9.61. The van der Waals surface area contributed by atoms with Gasteiger partial charge in [0.2, 0.25) is 0 Å². The van der Waals surface area contributed by atoms with Crippen LogP contribution >= 0.6 is 15.9 Å². The lowest BCUT2D eigenvalue weighted by atomic mass is 10.2. The molecule has 6 nitrogen and oxygen atoms in total. The smallest absolute Gasteiger partial charge is 0.341 e. The molecule has 20 heavy (non-hydrogen) atoms. The second kappa shape index (κ2) is 6.92. The third kappa shape index (κ3) is 3.62. The predicted molar refractivity (Wildman–Crippen MR) is 75.7 cm³/mol. The lowest BCUT2D eigenvalue weighted by Crippen LogP contribution is -2.15. The van der Waals surface area contributed by atoms with Crippen LogP contribution in [-0.4, -0.2) is 39.2 Å². The highest BCUT2D eigenvalue weighted by molar-refractivity contribution is 9.10. The summed E-state index contributed by atoms with van der Waals surface area (Å²) in [5.41, 5.74) is 6.42. The summed E-state index contributed by atoms with van der Waals surface area (Å²) in [7, 11) is 1.53. The molecule has 0 radical (unpaired) electrons. The molecule has 0 bridgehead atoms. The molecule has 2 N–H and O–H groups in total. The third-order valence-electron chi connectivity index (χ3n) is 2.81. The van der Waals surface area contributed by atoms with Crippen LogP contribution in [-0.2, 0) is 14.2 Å². The van der Waals surface area contributed by atoms with Gasteiger partial charge in [-0.2, -0.15) is 0 Å². The standard InChI is InChI=1S/C13H16BrNO5/c1-17-8-6-9(14)12(10(15)7-8)13(16)20-3-2-11-18-4-5-19-11/h6-7,11H,2-5,15H2,1H3. The molecule has 0 aliphatic carbocycles. The molecule has 0 spiro atoms. The molecule has 1 saturated heterocycles. The number of esters is 1. The van der Waals surface area contributed by atoms with E-state index in [2.05, 4.69) is 15.9 Å². The minimum absolute atomic E-state index is 0.210. The van der Waals surface area contributed by atoms with E-state index in [4.69, 9.17) is 24.7 Å². The van der Waals surface area contributed by atoms with E-state index in [-0.39, 0.29) is 12.9 Å². The highest BCUT2D eigenvalue weighted by atomic mass is 79.9. The minimum atomic E-state index is -0.491. The number of rotatable bonds is 5. The van der Waals surface area contributed by atoms with Gasteiger partial charge in [0.05, 0.1) is 38.2 Å². The molecule has 1 aromatic rings. The average molecular weight is 346 g/mol. The monoisotopic (exact) mass is 345 g/mol. The summed E-state index contributed by atoms with van der Waals surface area (Å²) in [6.45, 7) is 1.37. The Kier molecular flexibility index (Phi) is 5.22. The number of hydrogen-bond donors (Lipinski definition) is 1. The first-order valence-corrected chi connectivity index (χ1v) is 6.94. The zero-order chi connectivity index (χ0) is 14.5. The zero-order valence-corrected chi connectivity index (χ0v) is 12.6. The first-order valence-electron chi connectivity index (χ1n) is 6.15. The summed E-state index contributed by atoms with van der Waals surface area (Å²) in [5, 5.41) is 0. The van der Waals surface area contributed by atoms with Crippen molar-refractivity contribution < 1.29 is 23.7 Å². The Hall–Kier alpha value is -1.31. The van der Waals surface area contributed by atoms with Gasteiger partial charge in [0.25, 0.3) is 0 Å². The number of benzene rings is 1. The van der Waals surface area contributed by atoms with E-state index in [0.29, 0.717) is 41.1 Å². The number of hydrogen-bond acceptors (Lipinski definition) is 6. The van der Waals surface area contributed by atoms with Gasteiger partial charge in [-0.3, -0.25) is 0 Å². The molecule has 1 fully saturated rings. The molecule has 110 valence electrons. The summed E-state index contributed by atoms with van der Waals surface area (Å²) in [4.78, 5) is 12.0. The molecule has 1 aromatic carbocycles. The van der Waals surface area contributed by atoms with E-state index in [9.17, 15) is 4.79 Å². The number of nitrogen functional groups attached to an aromatic ring is 1. The van der Waals surface area contributed by atoms with Gasteiger partial charge in [-0.05, 0) is 22.0 Å². The van der Waals surface area contributed by atoms with Crippen molar-refractivity contribution in [1.29, 1.82) is 0 Å². The Morgan fingerprint density at radius 3 is 2.75 bits per heavy atom. The van der Waals surface area contributed by atoms with E-state index in [1.54, 1.807) is 12.1 Å². The summed E-state index contributed by atoms with van der Waals surface area (Å²) in [6, 6.07) is 3.24. The van der Waals surface area contributed by atoms with Crippen LogP contribution in [0.1, 0.15) is 16.8 Å². The summed E-state index contributed by atoms with van der Waals surface area (Å²) >= 11 is 3.29. The van der Waals surface area contributed by atoms with Crippen LogP contribution in [0.3, 0.4) is 0 Å². The molecule has 0 aromatic heterocycles. The predicted octanol–water partition coefficient (Wildman–Crippen LogP) is 1.96. The van der Waals surface area contributed by atoms with Crippen LogP contribution in [0.15, 0.2) is 16.6 Å². The second-order valence-corrected chi connectivity index (χ2v) is 5.02. The summed E-state index contributed by atoms with van der Waals surface area (Å²) in [6.07, 6.45) is 0.207. The number of anilines is 1. The van der Waals surface area contributed by atoms with E-state index in [1.807, 2.05) is 0 Å². The number of methoxy groups -OCH3 is 1. The molecular formula is C13H16BrNO5. The van der Waals surface area contributed by atoms with Crippen molar-refractivity contribution in [2.45, 2.75) is 12.7 Å². The van der Waals surface area contributed by atoms with Gasteiger partial charge in [-0.25, -0.2) is 4.79 Å². The van der Waals surface area contributed by atoms with Gasteiger partial charge in [0.1, 0.15) is 5.75 Å². The molecule has 0 amide bonds. The molecule has 7 heteroatoms. The molecule has 1 heterocycles. The van der Waals surface area contributed by atoms with Crippen molar-refractivity contribution in [2.75, 3.05) is 32.7 Å². The first kappa shape index (κ1) is 15.1. The normalized spacial score (nSPS) is 15.3. The van der Waals surface area contributed by atoms with Gasteiger partial charge in [0.15, 0.2) is 6.29 Å². The highest BCUT2D eigenvalue weighted by Gasteiger charge is 2.19. The second-order valence-electron chi connectivity index (χ2n) is 4.17. The Morgan fingerprint density at radius 1 is 1.45 bits per heavy atom. The molecule has 2 rings (SSSR count). The lowest BCUT2D eigenvalue weighted by Gasteiger charge is -2.12. The van der Waals surface area contributed by atoms with E-state index in [0.717, 1.165) is 0 Å². The fourth-order valence-corrected chi connectivity index (χ4v) is 2.45. The molecule has 1 aliphatic heterocycles. The SMILES string of the molecule is COc1cc(N)c(C(=O)OCCC2OCCO2)c(Br)c1. The average Bonchev–Trinajstić information content (AvgIpc) is 2.91. The lowest BCUT2D eigenvalue weighted by molar-refractivity contribution is -0.0572. The Morgan fingerprint density at radius 2 is 2.15 bits per heavy atom. The van der Waals surface area contributed by atoms with Gasteiger partial charge >= 0.3 is 5.97 Å². The molecule has 0 unspecified atom stereocenters. The molecule has 0 saturated carbocycles. The van der Waals surface area contributed by atoms with Gasteiger partial charge in [-0.1, -0.05) is 0 Å². The van der Waals surface area contributed by atoms with Crippen LogP contribution in [0.2, 0.25) is 0 Å². The molecule has 1 aliphatic rings. The number of ether oxygens (including phenoxy) is 4. The number of carbonyl (C=O) groups is 1. The maximum Gasteiger partial charge on any atom is 0.341 e. The Labute approximate surface area is 125 Å². The van der Waals surface area contributed by atoms with E-state index >= 15 is 0 Å². The summed E-state index contributed by atoms with van der Waals surface area (Å²) < 4.78 is 21.3. The van der Waals surface area contributed by atoms with Crippen LogP contribution in [0.25, 0.3) is 0 Å². The van der Waals surface area contributed by atoms with Crippen LogP contribution < -0.4 is 10.5 Å². The van der Waals surface area contributed by atoms with Crippen LogP contribution in [0, 0.1) is 0 Å². The molecule has 0 atom stereocenters. The zero-order valence-electron chi connectivity index (χ0n) is 11.1. The van der Waals surface area contributed by atoms with E-state index < -0.39 is 5.97 Å². The van der Waals surface area contributed by atoms with Gasteiger partial charge in [-0.15, -0.1) is 0 Å². The Bertz CT molecular complexity index is 465.